The van der Waals surface area contributed by atoms with E-state index in [1.54, 1.807) is 16.5 Å². The Kier molecular flexibility index (Phi) is 8.76. The Morgan fingerprint density at radius 2 is 1.74 bits per heavy atom. The molecule has 0 spiro atoms. The van der Waals surface area contributed by atoms with Gasteiger partial charge >= 0.3 is 6.18 Å². The van der Waals surface area contributed by atoms with Crippen LogP contribution in [-0.4, -0.2) is 39.8 Å². The molecule has 0 bridgehead atoms. The lowest BCUT2D eigenvalue weighted by molar-refractivity contribution is -0.137. The van der Waals surface area contributed by atoms with Crippen LogP contribution >= 0.6 is 0 Å². The molecule has 10 heteroatoms. The van der Waals surface area contributed by atoms with Crippen LogP contribution in [0.1, 0.15) is 78.3 Å². The van der Waals surface area contributed by atoms with Crippen molar-refractivity contribution in [3.8, 4) is 0 Å². The first-order valence-electron chi connectivity index (χ1n) is 14.6. The maximum Gasteiger partial charge on any atom is 0.416 e. The molecule has 1 fully saturated rings. The second kappa shape index (κ2) is 12.3. The van der Waals surface area contributed by atoms with Crippen molar-refractivity contribution >= 4 is 11.6 Å². The number of aromatic nitrogens is 2. The fourth-order valence-electron chi connectivity index (χ4n) is 5.74. The average Bonchev–Trinajstić information content (AvgIpc) is 3.16. The van der Waals surface area contributed by atoms with Crippen LogP contribution in [0.5, 0.6) is 0 Å². The van der Waals surface area contributed by atoms with Crippen LogP contribution in [0.2, 0.25) is 0 Å². The molecule has 43 heavy (non-hydrogen) atoms. The maximum absolute atomic E-state index is 13.9. The number of amides is 1. The van der Waals surface area contributed by atoms with Gasteiger partial charge < -0.3 is 10.2 Å². The lowest BCUT2D eigenvalue weighted by Gasteiger charge is -2.35. The van der Waals surface area contributed by atoms with Gasteiger partial charge in [-0.3, -0.25) is 9.20 Å². The number of alkyl halides is 5. The van der Waals surface area contributed by atoms with E-state index in [1.165, 1.54) is 18.3 Å². The number of carbonyl (C=O) groups excluding carboxylic acids is 1. The van der Waals surface area contributed by atoms with Gasteiger partial charge in [0.1, 0.15) is 11.3 Å². The van der Waals surface area contributed by atoms with Crippen molar-refractivity contribution < 1.29 is 26.7 Å². The van der Waals surface area contributed by atoms with Crippen molar-refractivity contribution in [2.24, 2.45) is 0 Å². The quantitative estimate of drug-likeness (QED) is 0.269. The molecule has 0 saturated carbocycles. The predicted molar refractivity (Wildman–Crippen MR) is 156 cm³/mol. The van der Waals surface area contributed by atoms with Crippen LogP contribution in [0.25, 0.3) is 5.65 Å². The standard InChI is InChI=1S/C33H35F5N4O/c1-3-5-28-30(42-19-16-26(32(2,34)35)20-29(42)40-28)31(43)39-21-22-6-4-7-27(13-8-22)41-17-14-24(15-18-41)23-9-11-25(12-10-23)33(36,37)38/h4,6,8-13,16,19-20,24H,3,5,7,14-15,17-18,21H2,1-2H3,(H,39,43). The number of pyridine rings is 1. The fourth-order valence-corrected chi connectivity index (χ4v) is 5.74. The lowest BCUT2D eigenvalue weighted by Crippen LogP contribution is -2.32. The Morgan fingerprint density at radius 3 is 2.40 bits per heavy atom. The summed E-state index contributed by atoms with van der Waals surface area (Å²) in [6.45, 7) is 4.72. The minimum absolute atomic E-state index is 0.153. The number of rotatable bonds is 8. The van der Waals surface area contributed by atoms with Crippen molar-refractivity contribution in [3.63, 3.8) is 0 Å². The van der Waals surface area contributed by atoms with E-state index < -0.39 is 17.7 Å². The van der Waals surface area contributed by atoms with Gasteiger partial charge in [0.15, 0.2) is 0 Å². The minimum Gasteiger partial charge on any atom is -0.375 e. The van der Waals surface area contributed by atoms with E-state index in [0.29, 0.717) is 30.0 Å². The molecule has 1 aliphatic heterocycles. The van der Waals surface area contributed by atoms with E-state index in [4.69, 9.17) is 0 Å². The van der Waals surface area contributed by atoms with Crippen molar-refractivity contribution in [3.05, 3.63) is 106 Å². The van der Waals surface area contributed by atoms with Crippen LogP contribution in [0.15, 0.2) is 78.2 Å². The summed E-state index contributed by atoms with van der Waals surface area (Å²) in [4.78, 5) is 20.1. The molecule has 228 valence electrons. The first-order chi connectivity index (χ1) is 20.4. The summed E-state index contributed by atoms with van der Waals surface area (Å²) < 4.78 is 68.0. The molecule has 5 rings (SSSR count). The van der Waals surface area contributed by atoms with Crippen molar-refractivity contribution in [1.82, 2.24) is 19.6 Å². The summed E-state index contributed by atoms with van der Waals surface area (Å²) in [7, 11) is 0. The highest BCUT2D eigenvalue weighted by molar-refractivity contribution is 5.95. The van der Waals surface area contributed by atoms with Crippen molar-refractivity contribution in [2.45, 2.75) is 64.0 Å². The molecule has 2 aromatic heterocycles. The zero-order valence-corrected chi connectivity index (χ0v) is 24.2. The molecule has 1 saturated heterocycles. The highest BCUT2D eigenvalue weighted by Gasteiger charge is 2.31. The molecule has 0 radical (unpaired) electrons. The van der Waals surface area contributed by atoms with Gasteiger partial charge in [-0.1, -0.05) is 43.7 Å². The number of allylic oxidation sites excluding steroid dienone is 3. The third-order valence-corrected chi connectivity index (χ3v) is 8.12. The number of likely N-dealkylation sites (tertiary alicyclic amines) is 1. The predicted octanol–water partition coefficient (Wildman–Crippen LogP) is 7.80. The summed E-state index contributed by atoms with van der Waals surface area (Å²) in [5, 5.41) is 2.97. The van der Waals surface area contributed by atoms with Gasteiger partial charge in [-0.15, -0.1) is 0 Å². The van der Waals surface area contributed by atoms with E-state index in [-0.39, 0.29) is 17.4 Å². The van der Waals surface area contributed by atoms with Crippen LogP contribution in [0.4, 0.5) is 22.0 Å². The van der Waals surface area contributed by atoms with Crippen LogP contribution < -0.4 is 5.32 Å². The smallest absolute Gasteiger partial charge is 0.375 e. The normalized spacial score (nSPS) is 16.7. The molecule has 5 nitrogen and oxygen atoms in total. The second-order valence-corrected chi connectivity index (χ2v) is 11.3. The third-order valence-electron chi connectivity index (χ3n) is 8.12. The monoisotopic (exact) mass is 598 g/mol. The summed E-state index contributed by atoms with van der Waals surface area (Å²) >= 11 is 0. The largest absolute Gasteiger partial charge is 0.416 e. The first kappa shape index (κ1) is 30.5. The number of hydrogen-bond donors (Lipinski definition) is 1. The Labute approximate surface area is 247 Å². The number of nitrogens with one attached hydrogen (secondary N) is 1. The maximum atomic E-state index is 13.9. The number of piperidine rings is 1. The summed E-state index contributed by atoms with van der Waals surface area (Å²) in [6, 6.07) is 8.16. The van der Waals surface area contributed by atoms with E-state index in [0.717, 1.165) is 74.7 Å². The molecule has 2 aliphatic rings. The summed E-state index contributed by atoms with van der Waals surface area (Å²) in [6.07, 6.45) is 8.98. The molecule has 3 heterocycles. The molecular weight excluding hydrogens is 563 g/mol. The number of hydrogen-bond acceptors (Lipinski definition) is 3. The zero-order valence-electron chi connectivity index (χ0n) is 24.2. The zero-order chi connectivity index (χ0) is 30.8. The third kappa shape index (κ3) is 7.00. The first-order valence-corrected chi connectivity index (χ1v) is 14.6. The molecule has 0 atom stereocenters. The average molecular weight is 599 g/mol. The Bertz CT molecular complexity index is 1550. The van der Waals surface area contributed by atoms with E-state index >= 15 is 0 Å². The molecule has 1 aromatic carbocycles. The summed E-state index contributed by atoms with van der Waals surface area (Å²) in [5.74, 6) is -3.10. The van der Waals surface area contributed by atoms with Gasteiger partial charge in [-0.25, -0.2) is 13.8 Å². The fraction of sp³-hybridized carbons (Fsp3) is 0.394. The van der Waals surface area contributed by atoms with Gasteiger partial charge in [-0.2, -0.15) is 13.2 Å². The molecule has 1 amide bonds. The number of halogens is 5. The number of fused-ring (bicyclic) bond motifs is 1. The Balaban J connectivity index is 1.22. The molecule has 0 unspecified atom stereocenters. The number of carbonyl (C=O) groups is 1. The second-order valence-electron chi connectivity index (χ2n) is 11.3. The van der Waals surface area contributed by atoms with Gasteiger partial charge in [0.25, 0.3) is 11.8 Å². The Hall–Kier alpha value is -3.95. The van der Waals surface area contributed by atoms with Gasteiger partial charge in [0, 0.05) is 50.4 Å². The van der Waals surface area contributed by atoms with Crippen LogP contribution in [-0.2, 0) is 18.5 Å². The van der Waals surface area contributed by atoms with Crippen LogP contribution in [0, 0.1) is 0 Å². The highest BCUT2D eigenvalue weighted by atomic mass is 19.4. The number of benzene rings is 1. The van der Waals surface area contributed by atoms with Crippen molar-refractivity contribution in [2.75, 3.05) is 19.6 Å². The van der Waals surface area contributed by atoms with Gasteiger partial charge in [0.2, 0.25) is 0 Å². The lowest BCUT2D eigenvalue weighted by atomic mass is 9.88. The van der Waals surface area contributed by atoms with E-state index in [1.807, 2.05) is 19.1 Å². The topological polar surface area (TPSA) is 49.6 Å². The van der Waals surface area contributed by atoms with Gasteiger partial charge in [-0.05, 0) is 66.7 Å². The van der Waals surface area contributed by atoms with Crippen LogP contribution in [0.3, 0.4) is 0 Å². The molecule has 3 aromatic rings. The molecule has 1 aliphatic carbocycles. The number of imidazole rings is 1. The number of nitrogens with zero attached hydrogens (tertiary/aromatic N) is 3. The number of aryl methyl sites for hydroxylation is 1. The molecule has 1 N–H and O–H groups in total. The van der Waals surface area contributed by atoms with E-state index in [2.05, 4.69) is 27.4 Å². The van der Waals surface area contributed by atoms with Crippen molar-refractivity contribution in [1.29, 1.82) is 0 Å². The minimum atomic E-state index is -4.33. The highest BCUT2D eigenvalue weighted by Crippen LogP contribution is 2.34. The SMILES string of the molecule is CCCc1nc2cc(C(C)(F)F)ccn2c1C(=O)NCC1=CC=C(N2CCC(c3ccc(C(F)(F)F)cc3)CC2)CC=C1. The van der Waals surface area contributed by atoms with E-state index in [9.17, 15) is 26.7 Å². The Morgan fingerprint density at radius 1 is 1.02 bits per heavy atom. The summed E-state index contributed by atoms with van der Waals surface area (Å²) in [5.41, 5.74) is 3.48. The molecular formula is C33H35F5N4O. The van der Waals surface area contributed by atoms with Gasteiger partial charge in [0.05, 0.1) is 11.3 Å².